The van der Waals surface area contributed by atoms with E-state index >= 15 is 0 Å². The molecule has 2 aromatic carbocycles. The van der Waals surface area contributed by atoms with E-state index in [0.29, 0.717) is 40.1 Å². The summed E-state index contributed by atoms with van der Waals surface area (Å²) in [5.41, 5.74) is 3.29. The molecule has 5 rings (SSSR count). The fourth-order valence-corrected chi connectivity index (χ4v) is 5.53. The second-order valence-corrected chi connectivity index (χ2v) is 11.0. The van der Waals surface area contributed by atoms with Gasteiger partial charge in [-0.2, -0.15) is 0 Å². The number of rotatable bonds is 8. The summed E-state index contributed by atoms with van der Waals surface area (Å²) in [7, 11) is -3.61. The Morgan fingerprint density at radius 2 is 1.89 bits per heavy atom. The molecule has 2 aliphatic rings. The third-order valence-electron chi connectivity index (χ3n) is 6.19. The Kier molecular flexibility index (Phi) is 7.68. The first-order valence-electron chi connectivity index (χ1n) is 12.0. The van der Waals surface area contributed by atoms with Gasteiger partial charge in [0.15, 0.2) is 0 Å². The highest BCUT2D eigenvalue weighted by atomic mass is 35.5. The number of carbonyl (C=O) groups excluding carboxylic acids is 1. The number of nitrogens with zero attached hydrogens (tertiary/aromatic N) is 3. The van der Waals surface area contributed by atoms with Crippen molar-refractivity contribution < 1.29 is 17.9 Å². The number of sulfonamides is 1. The Balaban J connectivity index is 1.24. The SMILES string of the molecule is O=C1Cc2cnc(Nc3ccc(S(=O)(=O)NCCCN4CCOCC4)cc3)nc2-c2ccc(Cl)cc2N1. The lowest BCUT2D eigenvalue weighted by Gasteiger charge is -2.26. The molecule has 0 spiro atoms. The van der Waals surface area contributed by atoms with Crippen LogP contribution in [0.1, 0.15) is 12.0 Å². The lowest BCUT2D eigenvalue weighted by atomic mass is 10.1. The van der Waals surface area contributed by atoms with Crippen LogP contribution in [0.4, 0.5) is 17.3 Å². The number of carbonyl (C=O) groups is 1. The van der Waals surface area contributed by atoms with E-state index in [-0.39, 0.29) is 17.2 Å². The van der Waals surface area contributed by atoms with Gasteiger partial charge in [0.2, 0.25) is 21.9 Å². The summed E-state index contributed by atoms with van der Waals surface area (Å²) >= 11 is 6.11. The Bertz CT molecular complexity index is 1390. The second kappa shape index (κ2) is 11.1. The van der Waals surface area contributed by atoms with Crippen LogP contribution in [-0.4, -0.2) is 68.6 Å². The normalized spacial score (nSPS) is 15.9. The molecule has 0 aliphatic carbocycles. The van der Waals surface area contributed by atoms with Crippen LogP contribution in [0.3, 0.4) is 0 Å². The van der Waals surface area contributed by atoms with Crippen molar-refractivity contribution in [1.82, 2.24) is 19.6 Å². The van der Waals surface area contributed by atoms with E-state index in [1.807, 2.05) is 6.07 Å². The van der Waals surface area contributed by atoms with Gasteiger partial charge >= 0.3 is 0 Å². The van der Waals surface area contributed by atoms with Gasteiger partial charge in [0, 0.05) is 47.7 Å². The maximum Gasteiger partial charge on any atom is 0.240 e. The Morgan fingerprint density at radius 1 is 1.11 bits per heavy atom. The quantitative estimate of drug-likeness (QED) is 0.371. The van der Waals surface area contributed by atoms with Crippen LogP contribution < -0.4 is 15.4 Å². The minimum atomic E-state index is -3.61. The van der Waals surface area contributed by atoms with Gasteiger partial charge in [-0.15, -0.1) is 0 Å². The summed E-state index contributed by atoms with van der Waals surface area (Å²) in [6.45, 7) is 4.41. The first kappa shape index (κ1) is 25.6. The topological polar surface area (TPSA) is 126 Å². The van der Waals surface area contributed by atoms with Gasteiger partial charge in [-0.3, -0.25) is 9.69 Å². The molecule has 0 saturated carbocycles. The van der Waals surface area contributed by atoms with Gasteiger partial charge in [-0.25, -0.2) is 23.1 Å². The molecule has 3 heterocycles. The van der Waals surface area contributed by atoms with Crippen molar-refractivity contribution in [1.29, 1.82) is 0 Å². The number of morpholine rings is 1. The summed E-state index contributed by atoms with van der Waals surface area (Å²) in [5.74, 6) is 0.156. The molecule has 3 N–H and O–H groups in total. The van der Waals surface area contributed by atoms with Crippen molar-refractivity contribution in [3.8, 4) is 11.3 Å². The molecule has 1 aromatic heterocycles. The van der Waals surface area contributed by atoms with E-state index < -0.39 is 10.0 Å². The summed E-state index contributed by atoms with van der Waals surface area (Å²) in [4.78, 5) is 23.7. The predicted octanol–water partition coefficient (Wildman–Crippen LogP) is 3.04. The van der Waals surface area contributed by atoms with Gasteiger partial charge in [0.25, 0.3) is 0 Å². The first-order chi connectivity index (χ1) is 17.9. The monoisotopic (exact) mass is 542 g/mol. The molecule has 194 valence electrons. The number of hydrogen-bond donors (Lipinski definition) is 3. The van der Waals surface area contributed by atoms with Crippen molar-refractivity contribution in [3.63, 3.8) is 0 Å². The van der Waals surface area contributed by atoms with Crippen molar-refractivity contribution in [2.75, 3.05) is 50.0 Å². The molecular formula is C25H27ClN6O4S. The molecule has 0 atom stereocenters. The number of ether oxygens (including phenoxy) is 1. The van der Waals surface area contributed by atoms with Gasteiger partial charge in [-0.05, 0) is 55.4 Å². The molecule has 1 fully saturated rings. The number of hydrogen-bond acceptors (Lipinski definition) is 8. The van der Waals surface area contributed by atoms with Crippen LogP contribution in [-0.2, 0) is 26.0 Å². The molecule has 1 saturated heterocycles. The van der Waals surface area contributed by atoms with E-state index in [2.05, 4.69) is 30.2 Å². The Hall–Kier alpha value is -3.09. The number of nitrogens with one attached hydrogen (secondary N) is 3. The van der Waals surface area contributed by atoms with E-state index in [0.717, 1.165) is 44.8 Å². The van der Waals surface area contributed by atoms with Crippen molar-refractivity contribution in [3.05, 3.63) is 59.2 Å². The van der Waals surface area contributed by atoms with Crippen molar-refractivity contribution in [2.24, 2.45) is 0 Å². The molecular weight excluding hydrogens is 516 g/mol. The smallest absolute Gasteiger partial charge is 0.240 e. The largest absolute Gasteiger partial charge is 0.379 e. The molecule has 0 unspecified atom stereocenters. The van der Waals surface area contributed by atoms with E-state index in [1.54, 1.807) is 30.5 Å². The zero-order valence-corrected chi connectivity index (χ0v) is 21.6. The van der Waals surface area contributed by atoms with Crippen LogP contribution >= 0.6 is 11.6 Å². The zero-order valence-electron chi connectivity index (χ0n) is 20.0. The third kappa shape index (κ3) is 6.25. The second-order valence-electron chi connectivity index (χ2n) is 8.84. The number of halogens is 1. The van der Waals surface area contributed by atoms with Gasteiger partial charge in [-0.1, -0.05) is 11.6 Å². The molecule has 1 amide bonds. The average molecular weight is 543 g/mol. The summed E-state index contributed by atoms with van der Waals surface area (Å²) in [6.07, 6.45) is 2.49. The van der Waals surface area contributed by atoms with Crippen molar-refractivity contribution in [2.45, 2.75) is 17.7 Å². The third-order valence-corrected chi connectivity index (χ3v) is 7.91. The number of aromatic nitrogens is 2. The highest BCUT2D eigenvalue weighted by Crippen LogP contribution is 2.34. The van der Waals surface area contributed by atoms with Crippen LogP contribution in [0.15, 0.2) is 53.6 Å². The lowest BCUT2D eigenvalue weighted by molar-refractivity contribution is -0.115. The fraction of sp³-hybridized carbons (Fsp3) is 0.320. The maximum absolute atomic E-state index is 12.7. The summed E-state index contributed by atoms with van der Waals surface area (Å²) in [5, 5.41) is 6.47. The van der Waals surface area contributed by atoms with E-state index in [4.69, 9.17) is 16.3 Å². The number of benzene rings is 2. The molecule has 10 nitrogen and oxygen atoms in total. The van der Waals surface area contributed by atoms with Gasteiger partial charge < -0.3 is 15.4 Å². The molecule has 0 bridgehead atoms. The van der Waals surface area contributed by atoms with Crippen LogP contribution in [0, 0.1) is 0 Å². The lowest BCUT2D eigenvalue weighted by Crippen LogP contribution is -2.38. The highest BCUT2D eigenvalue weighted by molar-refractivity contribution is 7.89. The number of amides is 1. The molecule has 0 radical (unpaired) electrons. The first-order valence-corrected chi connectivity index (χ1v) is 13.9. The Morgan fingerprint density at radius 3 is 2.68 bits per heavy atom. The zero-order chi connectivity index (χ0) is 25.8. The molecule has 37 heavy (non-hydrogen) atoms. The van der Waals surface area contributed by atoms with Crippen LogP contribution in [0.5, 0.6) is 0 Å². The highest BCUT2D eigenvalue weighted by Gasteiger charge is 2.21. The fourth-order valence-electron chi connectivity index (χ4n) is 4.29. The van der Waals surface area contributed by atoms with Crippen LogP contribution in [0.25, 0.3) is 11.3 Å². The van der Waals surface area contributed by atoms with Gasteiger partial charge in [0.05, 0.1) is 35.9 Å². The summed E-state index contributed by atoms with van der Waals surface area (Å²) in [6, 6.07) is 11.6. The number of anilines is 3. The average Bonchev–Trinajstić information content (AvgIpc) is 3.02. The van der Waals surface area contributed by atoms with Crippen molar-refractivity contribution >= 4 is 44.9 Å². The molecule has 3 aromatic rings. The van der Waals surface area contributed by atoms with E-state index in [9.17, 15) is 13.2 Å². The van der Waals surface area contributed by atoms with Crippen LogP contribution in [0.2, 0.25) is 5.02 Å². The standard InChI is InChI=1S/C25H27ClN6O4S/c26-18-2-7-21-22(15-18)30-23(33)14-17-16-27-25(31-24(17)21)29-19-3-5-20(6-4-19)37(34,35)28-8-1-9-32-10-12-36-13-11-32/h2-7,15-16,28H,1,8-14H2,(H,30,33)(H,27,29,31). The molecule has 12 heteroatoms. The predicted molar refractivity (Wildman–Crippen MR) is 142 cm³/mol. The Labute approximate surface area is 220 Å². The minimum Gasteiger partial charge on any atom is -0.379 e. The number of fused-ring (bicyclic) bond motifs is 3. The van der Waals surface area contributed by atoms with E-state index in [1.165, 1.54) is 12.1 Å². The van der Waals surface area contributed by atoms with Gasteiger partial charge in [0.1, 0.15) is 0 Å². The molecule has 2 aliphatic heterocycles. The maximum atomic E-state index is 12.7. The summed E-state index contributed by atoms with van der Waals surface area (Å²) < 4.78 is 33.4. The minimum absolute atomic E-state index is 0.147.